The molecule has 2 atom stereocenters. The summed E-state index contributed by atoms with van der Waals surface area (Å²) in [7, 11) is 4.17. The van der Waals surface area contributed by atoms with Crippen LogP contribution in [0.3, 0.4) is 0 Å². The third-order valence-corrected chi connectivity index (χ3v) is 3.99. The second-order valence-electron chi connectivity index (χ2n) is 4.48. The Hall–Kier alpha value is -0.520. The topological polar surface area (TPSA) is 47.1 Å². The average Bonchev–Trinajstić information content (AvgIpc) is 2.73. The summed E-state index contributed by atoms with van der Waals surface area (Å²) in [6, 6.07) is 0.783. The summed E-state index contributed by atoms with van der Waals surface area (Å²) >= 11 is 1.89. The van der Waals surface area contributed by atoms with Gasteiger partial charge in [-0.3, -0.25) is 4.90 Å². The summed E-state index contributed by atoms with van der Waals surface area (Å²) in [5, 5.41) is 0. The van der Waals surface area contributed by atoms with Crippen LogP contribution in [0.1, 0.15) is 25.1 Å². The lowest BCUT2D eigenvalue weighted by Gasteiger charge is -2.32. The van der Waals surface area contributed by atoms with E-state index in [2.05, 4.69) is 34.7 Å². The van der Waals surface area contributed by atoms with Gasteiger partial charge in [0, 0.05) is 25.8 Å². The van der Waals surface area contributed by atoms with Crippen LogP contribution < -0.4 is 5.73 Å². The van der Waals surface area contributed by atoms with Gasteiger partial charge in [0.25, 0.3) is 0 Å². The van der Waals surface area contributed by atoms with Gasteiger partial charge in [0.2, 0.25) is 0 Å². The van der Waals surface area contributed by atoms with E-state index in [4.69, 9.17) is 5.73 Å². The summed E-state index contributed by atoms with van der Waals surface area (Å²) in [6.07, 6.45) is 7.08. The molecule has 4 nitrogen and oxygen atoms in total. The van der Waals surface area contributed by atoms with Crippen molar-refractivity contribution in [2.45, 2.75) is 25.4 Å². The molecule has 0 saturated carbocycles. The van der Waals surface area contributed by atoms with E-state index in [1.54, 1.807) is 0 Å². The van der Waals surface area contributed by atoms with E-state index in [-0.39, 0.29) is 6.04 Å². The van der Waals surface area contributed by atoms with E-state index in [9.17, 15) is 0 Å². The van der Waals surface area contributed by atoms with Crippen LogP contribution in [-0.4, -0.2) is 46.1 Å². The molecule has 1 rings (SSSR count). The molecule has 0 aliphatic carbocycles. The Bertz CT molecular complexity index is 326. The summed E-state index contributed by atoms with van der Waals surface area (Å²) in [4.78, 5) is 6.53. The fourth-order valence-corrected chi connectivity index (χ4v) is 2.56. The van der Waals surface area contributed by atoms with Crippen molar-refractivity contribution in [1.29, 1.82) is 0 Å². The van der Waals surface area contributed by atoms with Crippen molar-refractivity contribution in [2.24, 2.45) is 12.8 Å². The first kappa shape index (κ1) is 14.5. The number of thioether (sulfide) groups is 1. The first-order valence-electron chi connectivity index (χ1n) is 5.99. The van der Waals surface area contributed by atoms with E-state index in [1.807, 2.05) is 31.3 Å². The fraction of sp³-hybridized carbons (Fsp3) is 0.750. The van der Waals surface area contributed by atoms with Gasteiger partial charge in [-0.1, -0.05) is 0 Å². The molecule has 0 bridgehead atoms. The van der Waals surface area contributed by atoms with E-state index < -0.39 is 0 Å². The van der Waals surface area contributed by atoms with Gasteiger partial charge in [-0.25, -0.2) is 4.98 Å². The van der Waals surface area contributed by atoms with Crippen molar-refractivity contribution >= 4 is 11.8 Å². The lowest BCUT2D eigenvalue weighted by Crippen LogP contribution is -2.38. The number of aryl methyl sites for hydroxylation is 1. The third kappa shape index (κ3) is 3.72. The Morgan fingerprint density at radius 2 is 2.29 bits per heavy atom. The number of nitrogens with zero attached hydrogens (tertiary/aromatic N) is 3. The van der Waals surface area contributed by atoms with Crippen LogP contribution in [0.15, 0.2) is 12.5 Å². The normalized spacial score (nSPS) is 15.2. The lowest BCUT2D eigenvalue weighted by atomic mass is 10.1. The van der Waals surface area contributed by atoms with Gasteiger partial charge in [-0.15, -0.1) is 0 Å². The average molecular weight is 256 g/mol. The molecule has 0 spiro atoms. The molecule has 2 N–H and O–H groups in total. The summed E-state index contributed by atoms with van der Waals surface area (Å²) in [5.41, 5.74) is 7.10. The van der Waals surface area contributed by atoms with E-state index in [0.29, 0.717) is 12.6 Å². The Morgan fingerprint density at radius 3 is 2.76 bits per heavy atom. The second kappa shape index (κ2) is 7.03. The van der Waals surface area contributed by atoms with Crippen molar-refractivity contribution in [3.05, 3.63) is 18.2 Å². The fourth-order valence-electron chi connectivity index (χ4n) is 1.98. The molecule has 2 unspecified atom stereocenters. The van der Waals surface area contributed by atoms with Crippen LogP contribution in [0.4, 0.5) is 0 Å². The molecule has 0 aliphatic rings. The highest BCUT2D eigenvalue weighted by atomic mass is 32.2. The smallest absolute Gasteiger partial charge is 0.0946 e. The molecule has 1 aromatic heterocycles. The van der Waals surface area contributed by atoms with E-state index >= 15 is 0 Å². The first-order chi connectivity index (χ1) is 8.11. The molecule has 1 heterocycles. The van der Waals surface area contributed by atoms with Gasteiger partial charge in [-0.05, 0) is 32.4 Å². The maximum absolute atomic E-state index is 5.91. The van der Waals surface area contributed by atoms with Gasteiger partial charge in [-0.2, -0.15) is 11.8 Å². The number of hydrogen-bond donors (Lipinski definition) is 1. The molecule has 98 valence electrons. The molecular weight excluding hydrogens is 232 g/mol. The summed E-state index contributed by atoms with van der Waals surface area (Å²) in [5.74, 6) is 1.19. The van der Waals surface area contributed by atoms with E-state index in [1.165, 1.54) is 17.9 Å². The van der Waals surface area contributed by atoms with Crippen LogP contribution in [0.5, 0.6) is 0 Å². The standard InChI is InChI=1S/C12H24N4S/c1-10(5-6-17-4)16(3)11(7-13)12-8-14-9-15(12)2/h8-11H,5-7,13H2,1-4H3. The maximum Gasteiger partial charge on any atom is 0.0946 e. The predicted octanol–water partition coefficient (Wildman–Crippen LogP) is 1.49. The number of rotatable bonds is 7. The zero-order chi connectivity index (χ0) is 12.8. The number of aromatic nitrogens is 2. The van der Waals surface area contributed by atoms with Gasteiger partial charge in [0.15, 0.2) is 0 Å². The minimum Gasteiger partial charge on any atom is -0.336 e. The quantitative estimate of drug-likeness (QED) is 0.803. The van der Waals surface area contributed by atoms with Crippen LogP contribution in [0.25, 0.3) is 0 Å². The Morgan fingerprint density at radius 1 is 1.59 bits per heavy atom. The van der Waals surface area contributed by atoms with Crippen LogP contribution in [0, 0.1) is 0 Å². The van der Waals surface area contributed by atoms with Crippen molar-refractivity contribution in [3.8, 4) is 0 Å². The van der Waals surface area contributed by atoms with Crippen molar-refractivity contribution in [2.75, 3.05) is 25.6 Å². The number of hydrogen-bond acceptors (Lipinski definition) is 4. The van der Waals surface area contributed by atoms with Gasteiger partial charge in [0.1, 0.15) is 0 Å². The summed E-state index contributed by atoms with van der Waals surface area (Å²) < 4.78 is 2.05. The van der Waals surface area contributed by atoms with E-state index in [0.717, 1.165) is 0 Å². The summed E-state index contributed by atoms with van der Waals surface area (Å²) in [6.45, 7) is 2.88. The molecule has 0 amide bonds. The van der Waals surface area contributed by atoms with Crippen LogP contribution >= 0.6 is 11.8 Å². The SMILES string of the molecule is CSCCC(C)N(C)C(CN)c1cncn1C. The first-order valence-corrected chi connectivity index (χ1v) is 7.38. The second-order valence-corrected chi connectivity index (χ2v) is 5.46. The van der Waals surface area contributed by atoms with Crippen LogP contribution in [-0.2, 0) is 7.05 Å². The maximum atomic E-state index is 5.91. The molecule has 0 aromatic carbocycles. The van der Waals surface area contributed by atoms with Crippen molar-refractivity contribution in [3.63, 3.8) is 0 Å². The molecule has 0 saturated heterocycles. The third-order valence-electron chi connectivity index (χ3n) is 3.35. The molecule has 5 heteroatoms. The van der Waals surface area contributed by atoms with Gasteiger partial charge in [0.05, 0.1) is 18.1 Å². The Kier molecular flexibility index (Phi) is 6.02. The highest BCUT2D eigenvalue weighted by molar-refractivity contribution is 7.98. The zero-order valence-electron chi connectivity index (χ0n) is 11.3. The van der Waals surface area contributed by atoms with Crippen molar-refractivity contribution in [1.82, 2.24) is 14.5 Å². The minimum absolute atomic E-state index is 0.249. The Labute approximate surface area is 109 Å². The molecule has 0 aliphatic heterocycles. The lowest BCUT2D eigenvalue weighted by molar-refractivity contribution is 0.180. The number of nitrogens with two attached hydrogens (primary N) is 1. The Balaban J connectivity index is 2.70. The molecule has 0 radical (unpaired) electrons. The van der Waals surface area contributed by atoms with Gasteiger partial charge < -0.3 is 10.3 Å². The highest BCUT2D eigenvalue weighted by Crippen LogP contribution is 2.21. The van der Waals surface area contributed by atoms with Crippen LogP contribution in [0.2, 0.25) is 0 Å². The highest BCUT2D eigenvalue weighted by Gasteiger charge is 2.22. The largest absolute Gasteiger partial charge is 0.336 e. The van der Waals surface area contributed by atoms with Gasteiger partial charge >= 0.3 is 0 Å². The zero-order valence-corrected chi connectivity index (χ0v) is 12.1. The molecular formula is C12H24N4S. The molecule has 17 heavy (non-hydrogen) atoms. The molecule has 0 fully saturated rings. The predicted molar refractivity (Wildman–Crippen MR) is 75.2 cm³/mol. The molecule has 1 aromatic rings. The van der Waals surface area contributed by atoms with Crippen molar-refractivity contribution < 1.29 is 0 Å². The number of likely N-dealkylation sites (N-methyl/N-ethyl adjacent to an activating group) is 1. The minimum atomic E-state index is 0.249. The number of imidazole rings is 1. The monoisotopic (exact) mass is 256 g/mol.